The molecule has 0 aliphatic heterocycles. The van der Waals surface area contributed by atoms with E-state index in [9.17, 15) is 9.59 Å². The van der Waals surface area contributed by atoms with Gasteiger partial charge in [-0.15, -0.1) is 11.3 Å². The van der Waals surface area contributed by atoms with Crippen LogP contribution in [0.3, 0.4) is 0 Å². The zero-order valence-electron chi connectivity index (χ0n) is 8.29. The molecule has 2 N–H and O–H groups in total. The molecule has 0 radical (unpaired) electrons. The van der Waals surface area contributed by atoms with E-state index in [-0.39, 0.29) is 5.91 Å². The summed E-state index contributed by atoms with van der Waals surface area (Å²) >= 11 is 1.39. The Bertz CT molecular complexity index is 436. The Hall–Kier alpha value is -1.36. The number of rotatable bonds is 2. The lowest BCUT2D eigenvalue weighted by Gasteiger charge is -2.01. The zero-order chi connectivity index (χ0) is 11.0. The summed E-state index contributed by atoms with van der Waals surface area (Å²) in [5.41, 5.74) is 1.21. The highest BCUT2D eigenvalue weighted by atomic mass is 32.1. The van der Waals surface area contributed by atoms with Gasteiger partial charge in [-0.2, -0.15) is 0 Å². The summed E-state index contributed by atoms with van der Waals surface area (Å²) in [5.74, 6) is -1.17. The molecule has 0 atom stereocenters. The minimum absolute atomic E-state index is 0.225. The van der Waals surface area contributed by atoms with Gasteiger partial charge in [0.1, 0.15) is 5.00 Å². The van der Waals surface area contributed by atoms with Crippen molar-refractivity contribution in [1.82, 2.24) is 0 Å². The van der Waals surface area contributed by atoms with Crippen LogP contribution in [0.5, 0.6) is 0 Å². The highest BCUT2D eigenvalue weighted by Crippen LogP contribution is 2.38. The van der Waals surface area contributed by atoms with E-state index < -0.39 is 5.97 Å². The normalized spacial score (nSPS) is 13.7. The second-order valence-electron chi connectivity index (χ2n) is 3.55. The van der Waals surface area contributed by atoms with Crippen molar-refractivity contribution < 1.29 is 14.7 Å². The molecular weight excluding hydrogens is 214 g/mol. The van der Waals surface area contributed by atoms with Crippen LogP contribution in [0, 0.1) is 0 Å². The predicted molar refractivity (Wildman–Crippen MR) is 57.6 cm³/mol. The molecule has 1 aromatic rings. The van der Waals surface area contributed by atoms with Crippen molar-refractivity contribution in [3.05, 3.63) is 16.0 Å². The van der Waals surface area contributed by atoms with Crippen molar-refractivity contribution in [3.8, 4) is 0 Å². The number of aryl methyl sites for hydroxylation is 1. The van der Waals surface area contributed by atoms with Gasteiger partial charge in [-0.05, 0) is 24.8 Å². The van der Waals surface area contributed by atoms with Crippen molar-refractivity contribution in [2.45, 2.75) is 26.2 Å². The molecule has 0 saturated carbocycles. The standard InChI is InChI=1S/C10H11NO3S/c1-5(12)11-9-8(10(13)14)6-3-2-4-7(6)15-9/h2-4H2,1H3,(H,11,12)(H,13,14). The molecule has 1 aromatic heterocycles. The van der Waals surface area contributed by atoms with E-state index in [1.54, 1.807) is 0 Å². The van der Waals surface area contributed by atoms with Gasteiger partial charge in [0.15, 0.2) is 0 Å². The van der Waals surface area contributed by atoms with Gasteiger partial charge in [0.05, 0.1) is 5.56 Å². The number of fused-ring (bicyclic) bond motifs is 1. The van der Waals surface area contributed by atoms with Crippen LogP contribution in [0.25, 0.3) is 0 Å². The lowest BCUT2D eigenvalue weighted by atomic mass is 10.1. The molecule has 0 unspecified atom stereocenters. The van der Waals surface area contributed by atoms with Crippen LogP contribution in [0.15, 0.2) is 0 Å². The Morgan fingerprint density at radius 3 is 2.73 bits per heavy atom. The molecule has 1 aliphatic rings. The minimum Gasteiger partial charge on any atom is -0.478 e. The van der Waals surface area contributed by atoms with Gasteiger partial charge in [-0.25, -0.2) is 4.79 Å². The lowest BCUT2D eigenvalue weighted by molar-refractivity contribution is -0.114. The fourth-order valence-electron chi connectivity index (χ4n) is 1.88. The van der Waals surface area contributed by atoms with Crippen LogP contribution >= 0.6 is 11.3 Å². The van der Waals surface area contributed by atoms with Crippen LogP contribution < -0.4 is 5.32 Å². The summed E-state index contributed by atoms with van der Waals surface area (Å²) in [4.78, 5) is 23.1. The van der Waals surface area contributed by atoms with Crippen LogP contribution in [0.1, 0.15) is 34.1 Å². The summed E-state index contributed by atoms with van der Waals surface area (Å²) in [6.07, 6.45) is 2.76. The molecule has 4 nitrogen and oxygen atoms in total. The second kappa shape index (κ2) is 3.66. The van der Waals surface area contributed by atoms with Gasteiger partial charge >= 0.3 is 5.97 Å². The minimum atomic E-state index is -0.946. The number of nitrogens with one attached hydrogen (secondary N) is 1. The van der Waals surface area contributed by atoms with E-state index in [0.29, 0.717) is 10.6 Å². The predicted octanol–water partition coefficient (Wildman–Crippen LogP) is 1.89. The Balaban J connectivity index is 2.46. The third-order valence-electron chi connectivity index (χ3n) is 2.42. The van der Waals surface area contributed by atoms with Gasteiger partial charge in [0.25, 0.3) is 0 Å². The number of carboxylic acids is 1. The summed E-state index contributed by atoms with van der Waals surface area (Å²) < 4.78 is 0. The average Bonchev–Trinajstić information content (AvgIpc) is 2.60. The third-order valence-corrected chi connectivity index (χ3v) is 3.63. The van der Waals surface area contributed by atoms with Gasteiger partial charge in [-0.1, -0.05) is 0 Å². The van der Waals surface area contributed by atoms with Crippen LogP contribution in [0.4, 0.5) is 5.00 Å². The Morgan fingerprint density at radius 1 is 1.40 bits per heavy atom. The molecule has 1 aliphatic carbocycles. The number of aromatic carboxylic acids is 1. The molecule has 0 bridgehead atoms. The summed E-state index contributed by atoms with van der Waals surface area (Å²) in [6, 6.07) is 0. The lowest BCUT2D eigenvalue weighted by Crippen LogP contribution is -2.09. The fourth-order valence-corrected chi connectivity index (χ4v) is 3.21. The zero-order valence-corrected chi connectivity index (χ0v) is 9.11. The summed E-state index contributed by atoms with van der Waals surface area (Å²) in [7, 11) is 0. The number of thiophene rings is 1. The van der Waals surface area contributed by atoms with Gasteiger partial charge in [0, 0.05) is 11.8 Å². The van der Waals surface area contributed by atoms with Crippen LogP contribution in [-0.4, -0.2) is 17.0 Å². The van der Waals surface area contributed by atoms with E-state index in [1.807, 2.05) is 0 Å². The molecule has 80 valence electrons. The number of hydrogen-bond acceptors (Lipinski definition) is 3. The topological polar surface area (TPSA) is 66.4 Å². The van der Waals surface area contributed by atoms with Crippen molar-refractivity contribution in [2.24, 2.45) is 0 Å². The van der Waals surface area contributed by atoms with Gasteiger partial charge < -0.3 is 10.4 Å². The fraction of sp³-hybridized carbons (Fsp3) is 0.400. The first kappa shape index (κ1) is 10.2. The smallest absolute Gasteiger partial charge is 0.339 e. The highest BCUT2D eigenvalue weighted by molar-refractivity contribution is 7.17. The van der Waals surface area contributed by atoms with Crippen LogP contribution in [-0.2, 0) is 17.6 Å². The first-order valence-electron chi connectivity index (χ1n) is 4.75. The van der Waals surface area contributed by atoms with Gasteiger partial charge in [-0.3, -0.25) is 4.79 Å². The molecule has 0 fully saturated rings. The Labute approximate surface area is 90.9 Å². The largest absolute Gasteiger partial charge is 0.478 e. The monoisotopic (exact) mass is 225 g/mol. The molecule has 1 heterocycles. The number of anilines is 1. The molecule has 0 spiro atoms. The quantitative estimate of drug-likeness (QED) is 0.807. The Morgan fingerprint density at radius 2 is 2.13 bits per heavy atom. The highest BCUT2D eigenvalue weighted by Gasteiger charge is 2.26. The molecule has 0 saturated heterocycles. The number of carbonyl (C=O) groups is 2. The first-order chi connectivity index (χ1) is 7.09. The van der Waals surface area contributed by atoms with Crippen LogP contribution in [0.2, 0.25) is 0 Å². The van der Waals surface area contributed by atoms with Crippen molar-refractivity contribution in [1.29, 1.82) is 0 Å². The molecular formula is C10H11NO3S. The van der Waals surface area contributed by atoms with Crippen molar-refractivity contribution in [3.63, 3.8) is 0 Å². The summed E-state index contributed by atoms with van der Waals surface area (Å²) in [6.45, 7) is 1.39. The maximum atomic E-state index is 11.1. The number of carbonyl (C=O) groups excluding carboxylic acids is 1. The van der Waals surface area contributed by atoms with E-state index in [1.165, 1.54) is 18.3 Å². The first-order valence-corrected chi connectivity index (χ1v) is 5.56. The molecule has 1 amide bonds. The Kier molecular flexibility index (Phi) is 2.48. The maximum absolute atomic E-state index is 11.1. The summed E-state index contributed by atoms with van der Waals surface area (Å²) in [5, 5.41) is 12.2. The molecule has 0 aromatic carbocycles. The van der Waals surface area contributed by atoms with E-state index >= 15 is 0 Å². The van der Waals surface area contributed by atoms with Crippen molar-refractivity contribution >= 4 is 28.2 Å². The van der Waals surface area contributed by atoms with E-state index in [0.717, 1.165) is 29.7 Å². The average molecular weight is 225 g/mol. The van der Waals surface area contributed by atoms with Crippen molar-refractivity contribution in [2.75, 3.05) is 5.32 Å². The molecule has 5 heteroatoms. The van der Waals surface area contributed by atoms with E-state index in [4.69, 9.17) is 5.11 Å². The maximum Gasteiger partial charge on any atom is 0.339 e. The molecule has 2 rings (SSSR count). The van der Waals surface area contributed by atoms with E-state index in [2.05, 4.69) is 5.32 Å². The number of hydrogen-bond donors (Lipinski definition) is 2. The number of carboxylic acid groups (broad SMARTS) is 1. The second-order valence-corrected chi connectivity index (χ2v) is 4.65. The molecule has 15 heavy (non-hydrogen) atoms. The third kappa shape index (κ3) is 1.74. The SMILES string of the molecule is CC(=O)Nc1sc2c(c1C(=O)O)CCC2. The van der Waals surface area contributed by atoms with Gasteiger partial charge in [0.2, 0.25) is 5.91 Å². The number of amides is 1.